The number of nitrogens with zero attached hydrogens (tertiary/aromatic N) is 1. The highest BCUT2D eigenvalue weighted by molar-refractivity contribution is 6.04. The number of anilines is 2. The van der Waals surface area contributed by atoms with E-state index >= 15 is 0 Å². The average Bonchev–Trinajstić information content (AvgIpc) is 3.01. The van der Waals surface area contributed by atoms with E-state index < -0.39 is 0 Å². The van der Waals surface area contributed by atoms with Gasteiger partial charge < -0.3 is 15.0 Å². The highest BCUT2D eigenvalue weighted by Crippen LogP contribution is 2.30. The summed E-state index contributed by atoms with van der Waals surface area (Å²) < 4.78 is 5.55. The van der Waals surface area contributed by atoms with Gasteiger partial charge in [0.05, 0.1) is 18.2 Å². The van der Waals surface area contributed by atoms with E-state index in [1.54, 1.807) is 4.90 Å². The number of nitrogens with one attached hydrogen (secondary N) is 1. The zero-order chi connectivity index (χ0) is 18.7. The lowest BCUT2D eigenvalue weighted by Gasteiger charge is -2.20. The molecule has 0 radical (unpaired) electrons. The van der Waals surface area contributed by atoms with E-state index in [-0.39, 0.29) is 24.2 Å². The van der Waals surface area contributed by atoms with Gasteiger partial charge in [-0.25, -0.2) is 0 Å². The molecule has 1 aliphatic heterocycles. The molecule has 1 heterocycles. The van der Waals surface area contributed by atoms with E-state index in [0.29, 0.717) is 24.6 Å². The topological polar surface area (TPSA) is 58.6 Å². The van der Waals surface area contributed by atoms with Crippen LogP contribution in [0.15, 0.2) is 42.5 Å². The number of aryl methyl sites for hydroxylation is 2. The fourth-order valence-electron chi connectivity index (χ4n) is 3.21. The van der Waals surface area contributed by atoms with Crippen LogP contribution in [-0.2, 0) is 9.59 Å². The molecular formula is C21H24N2O3. The third kappa shape index (κ3) is 3.72. The molecule has 1 aliphatic rings. The van der Waals surface area contributed by atoms with Crippen molar-refractivity contribution >= 4 is 23.2 Å². The molecule has 2 amide bonds. The van der Waals surface area contributed by atoms with Crippen molar-refractivity contribution in [2.75, 3.05) is 23.4 Å². The van der Waals surface area contributed by atoms with Crippen molar-refractivity contribution in [3.8, 4) is 5.75 Å². The molecule has 1 N–H and O–H groups in total. The van der Waals surface area contributed by atoms with E-state index in [0.717, 1.165) is 16.8 Å². The first kappa shape index (κ1) is 18.0. The van der Waals surface area contributed by atoms with Gasteiger partial charge in [-0.05, 0) is 50.1 Å². The maximum Gasteiger partial charge on any atom is 0.229 e. The molecule has 1 unspecified atom stereocenters. The molecule has 26 heavy (non-hydrogen) atoms. The maximum atomic E-state index is 12.7. The van der Waals surface area contributed by atoms with E-state index in [4.69, 9.17) is 4.74 Å². The predicted molar refractivity (Wildman–Crippen MR) is 103 cm³/mol. The highest BCUT2D eigenvalue weighted by Gasteiger charge is 2.36. The minimum atomic E-state index is -0.378. The van der Waals surface area contributed by atoms with Crippen molar-refractivity contribution in [3.63, 3.8) is 0 Å². The van der Waals surface area contributed by atoms with Gasteiger partial charge >= 0.3 is 0 Å². The lowest BCUT2D eigenvalue weighted by Crippen LogP contribution is -2.28. The van der Waals surface area contributed by atoms with Crippen LogP contribution in [0.5, 0.6) is 5.75 Å². The summed E-state index contributed by atoms with van der Waals surface area (Å²) in [6, 6.07) is 13.4. The number of amides is 2. The average molecular weight is 352 g/mol. The molecule has 2 aromatic carbocycles. The van der Waals surface area contributed by atoms with Crippen LogP contribution in [0.25, 0.3) is 0 Å². The van der Waals surface area contributed by atoms with E-state index in [1.165, 1.54) is 0 Å². The summed E-state index contributed by atoms with van der Waals surface area (Å²) in [5, 5.41) is 2.91. The molecule has 0 spiro atoms. The van der Waals surface area contributed by atoms with E-state index in [9.17, 15) is 9.59 Å². The van der Waals surface area contributed by atoms with E-state index in [1.807, 2.05) is 63.2 Å². The van der Waals surface area contributed by atoms with Gasteiger partial charge in [0.15, 0.2) is 0 Å². The Hall–Kier alpha value is -2.82. The summed E-state index contributed by atoms with van der Waals surface area (Å²) in [7, 11) is 0. The first-order valence-electron chi connectivity index (χ1n) is 8.90. The highest BCUT2D eigenvalue weighted by atomic mass is 16.5. The normalized spacial score (nSPS) is 16.7. The third-order valence-corrected chi connectivity index (χ3v) is 4.60. The second-order valence-corrected chi connectivity index (χ2v) is 6.61. The van der Waals surface area contributed by atoms with Gasteiger partial charge in [0.2, 0.25) is 11.8 Å². The SMILES string of the molecule is CCOc1ccccc1NC(=O)C1CC(=O)N(c2cc(C)ccc2C)C1. The quantitative estimate of drug-likeness (QED) is 0.893. The summed E-state index contributed by atoms with van der Waals surface area (Å²) in [5.41, 5.74) is 3.65. The zero-order valence-corrected chi connectivity index (χ0v) is 15.4. The first-order valence-corrected chi connectivity index (χ1v) is 8.90. The summed E-state index contributed by atoms with van der Waals surface area (Å²) in [5.74, 6) is 0.0893. The molecule has 3 rings (SSSR count). The number of hydrogen-bond acceptors (Lipinski definition) is 3. The molecule has 0 aromatic heterocycles. The minimum Gasteiger partial charge on any atom is -0.492 e. The van der Waals surface area contributed by atoms with Gasteiger partial charge in [-0.15, -0.1) is 0 Å². The molecular weight excluding hydrogens is 328 g/mol. The Labute approximate surface area is 154 Å². The summed E-state index contributed by atoms with van der Waals surface area (Å²) in [4.78, 5) is 26.9. The Balaban J connectivity index is 1.74. The smallest absolute Gasteiger partial charge is 0.229 e. The number of carbonyl (C=O) groups is 2. The maximum absolute atomic E-state index is 12.7. The zero-order valence-electron chi connectivity index (χ0n) is 15.4. The first-order chi connectivity index (χ1) is 12.5. The molecule has 1 saturated heterocycles. The van der Waals surface area contributed by atoms with Crippen LogP contribution in [0.1, 0.15) is 24.5 Å². The van der Waals surface area contributed by atoms with Crippen LogP contribution in [0, 0.1) is 19.8 Å². The second kappa shape index (κ2) is 7.60. The largest absolute Gasteiger partial charge is 0.492 e. The molecule has 1 fully saturated rings. The van der Waals surface area contributed by atoms with Crippen LogP contribution in [0.2, 0.25) is 0 Å². The molecule has 2 aromatic rings. The van der Waals surface area contributed by atoms with Crippen molar-refractivity contribution in [1.29, 1.82) is 0 Å². The minimum absolute atomic E-state index is 0.0167. The fourth-order valence-corrected chi connectivity index (χ4v) is 3.21. The van der Waals surface area contributed by atoms with Gasteiger partial charge in [0.25, 0.3) is 0 Å². The lowest BCUT2D eigenvalue weighted by molar-refractivity contribution is -0.122. The van der Waals surface area contributed by atoms with Gasteiger partial charge in [-0.3, -0.25) is 9.59 Å². The van der Waals surface area contributed by atoms with Crippen LogP contribution < -0.4 is 15.0 Å². The number of benzene rings is 2. The van der Waals surface area contributed by atoms with Gasteiger partial charge in [0, 0.05) is 18.7 Å². The van der Waals surface area contributed by atoms with Crippen molar-refractivity contribution < 1.29 is 14.3 Å². The van der Waals surface area contributed by atoms with Crippen LogP contribution in [0.4, 0.5) is 11.4 Å². The third-order valence-electron chi connectivity index (χ3n) is 4.60. The Morgan fingerprint density at radius 3 is 2.77 bits per heavy atom. The molecule has 136 valence electrons. The van der Waals surface area contributed by atoms with Crippen LogP contribution in [0.3, 0.4) is 0 Å². The Morgan fingerprint density at radius 2 is 2.00 bits per heavy atom. The monoisotopic (exact) mass is 352 g/mol. The van der Waals surface area contributed by atoms with Crippen molar-refractivity contribution in [2.24, 2.45) is 5.92 Å². The van der Waals surface area contributed by atoms with Crippen molar-refractivity contribution in [3.05, 3.63) is 53.6 Å². The Kier molecular flexibility index (Phi) is 5.26. The number of rotatable bonds is 5. The van der Waals surface area contributed by atoms with Crippen molar-refractivity contribution in [1.82, 2.24) is 0 Å². The van der Waals surface area contributed by atoms with Crippen LogP contribution in [-0.4, -0.2) is 25.0 Å². The molecule has 5 nitrogen and oxygen atoms in total. The number of para-hydroxylation sites is 2. The second-order valence-electron chi connectivity index (χ2n) is 6.61. The van der Waals surface area contributed by atoms with Gasteiger partial charge in [-0.1, -0.05) is 24.3 Å². The molecule has 0 bridgehead atoms. The molecule has 0 aliphatic carbocycles. The van der Waals surface area contributed by atoms with Crippen LogP contribution >= 0.6 is 0 Å². The standard InChI is InChI=1S/C21H24N2O3/c1-4-26-19-8-6-5-7-17(19)22-21(25)16-12-20(24)23(13-16)18-11-14(2)9-10-15(18)3/h5-11,16H,4,12-13H2,1-3H3,(H,22,25). The Bertz CT molecular complexity index is 832. The van der Waals surface area contributed by atoms with Crippen molar-refractivity contribution in [2.45, 2.75) is 27.2 Å². The number of hydrogen-bond donors (Lipinski definition) is 1. The number of ether oxygens (including phenoxy) is 1. The summed E-state index contributed by atoms with van der Waals surface area (Å²) in [6.07, 6.45) is 0.218. The Morgan fingerprint density at radius 1 is 1.23 bits per heavy atom. The summed E-state index contributed by atoms with van der Waals surface area (Å²) in [6.45, 7) is 6.80. The number of carbonyl (C=O) groups excluding carboxylic acids is 2. The predicted octanol–water partition coefficient (Wildman–Crippen LogP) is 3.69. The van der Waals surface area contributed by atoms with Gasteiger partial charge in [-0.2, -0.15) is 0 Å². The fraction of sp³-hybridized carbons (Fsp3) is 0.333. The lowest BCUT2D eigenvalue weighted by atomic mass is 10.1. The summed E-state index contributed by atoms with van der Waals surface area (Å²) >= 11 is 0. The van der Waals surface area contributed by atoms with Gasteiger partial charge in [0.1, 0.15) is 5.75 Å². The molecule has 1 atom stereocenters. The van der Waals surface area contributed by atoms with E-state index in [2.05, 4.69) is 5.32 Å². The molecule has 0 saturated carbocycles. The molecule has 5 heteroatoms.